The number of fused-ring (bicyclic) bond motifs is 1. The maximum absolute atomic E-state index is 11.3. The van der Waals surface area contributed by atoms with Crippen molar-refractivity contribution in [3.05, 3.63) is 0 Å². The number of carbonyl (C=O) groups excluding carboxylic acids is 1. The second kappa shape index (κ2) is 1.80. The number of ether oxygens (including phenoxy) is 1. The fourth-order valence-corrected chi connectivity index (χ4v) is 3.35. The minimum Gasteiger partial charge on any atom is -0.458 e. The summed E-state index contributed by atoms with van der Waals surface area (Å²) in [5, 5.41) is 9.60. The zero-order chi connectivity index (χ0) is 8.51. The highest BCUT2D eigenvalue weighted by Gasteiger charge is 2.69. The van der Waals surface area contributed by atoms with E-state index in [0.717, 1.165) is 6.42 Å². The van der Waals surface area contributed by atoms with Crippen LogP contribution in [0.15, 0.2) is 0 Å². The van der Waals surface area contributed by atoms with Gasteiger partial charge in [-0.25, -0.2) is 0 Å². The second-order valence-corrected chi connectivity index (χ2v) is 4.70. The third kappa shape index (κ3) is 0.548. The smallest absolute Gasteiger partial charge is 0.328 e. The van der Waals surface area contributed by atoms with Crippen molar-refractivity contribution in [1.82, 2.24) is 0 Å². The van der Waals surface area contributed by atoms with Gasteiger partial charge in [-0.1, -0.05) is 0 Å². The molecule has 2 aliphatic carbocycles. The Morgan fingerprint density at radius 1 is 1.67 bits per heavy atom. The van der Waals surface area contributed by atoms with Crippen molar-refractivity contribution >= 4 is 17.6 Å². The van der Waals surface area contributed by atoms with E-state index in [0.29, 0.717) is 6.42 Å². The van der Waals surface area contributed by atoms with E-state index in [9.17, 15) is 9.90 Å². The molecule has 0 aromatic carbocycles. The van der Waals surface area contributed by atoms with Crippen LogP contribution in [0.25, 0.3) is 0 Å². The van der Waals surface area contributed by atoms with Gasteiger partial charge < -0.3 is 9.84 Å². The van der Waals surface area contributed by atoms with Crippen LogP contribution in [0.5, 0.6) is 0 Å². The SMILES string of the molecule is O=C1OC2C(O)C3CC2C1(Cl)C3. The number of aliphatic hydroxyl groups excluding tert-OH is 1. The molecule has 0 radical (unpaired) electrons. The average Bonchev–Trinajstić information content (AvgIpc) is 2.53. The van der Waals surface area contributed by atoms with Crippen molar-refractivity contribution < 1.29 is 14.6 Å². The summed E-state index contributed by atoms with van der Waals surface area (Å²) in [5.74, 6) is -0.0752. The molecule has 2 bridgehead atoms. The molecule has 0 amide bonds. The summed E-state index contributed by atoms with van der Waals surface area (Å²) in [6.45, 7) is 0. The highest BCUT2D eigenvalue weighted by atomic mass is 35.5. The quantitative estimate of drug-likeness (QED) is 0.439. The van der Waals surface area contributed by atoms with Crippen LogP contribution in [0.3, 0.4) is 0 Å². The van der Waals surface area contributed by atoms with E-state index in [4.69, 9.17) is 16.3 Å². The number of alkyl halides is 1. The van der Waals surface area contributed by atoms with E-state index >= 15 is 0 Å². The lowest BCUT2D eigenvalue weighted by Crippen LogP contribution is -2.38. The predicted octanol–water partition coefficient (Wildman–Crippen LogP) is 0.290. The molecule has 4 heteroatoms. The van der Waals surface area contributed by atoms with E-state index in [1.54, 1.807) is 0 Å². The van der Waals surface area contributed by atoms with Crippen LogP contribution in [-0.4, -0.2) is 28.2 Å². The van der Waals surface area contributed by atoms with Gasteiger partial charge >= 0.3 is 5.97 Å². The fraction of sp³-hybridized carbons (Fsp3) is 0.875. The van der Waals surface area contributed by atoms with Crippen molar-refractivity contribution in [3.8, 4) is 0 Å². The van der Waals surface area contributed by atoms with Crippen LogP contribution in [-0.2, 0) is 9.53 Å². The first kappa shape index (κ1) is 7.15. The molecule has 2 saturated carbocycles. The topological polar surface area (TPSA) is 46.5 Å². The van der Waals surface area contributed by atoms with E-state index in [1.807, 2.05) is 0 Å². The van der Waals surface area contributed by atoms with Gasteiger partial charge in [-0.2, -0.15) is 0 Å². The predicted molar refractivity (Wildman–Crippen MR) is 40.7 cm³/mol. The lowest BCUT2D eigenvalue weighted by Gasteiger charge is -2.24. The maximum atomic E-state index is 11.3. The van der Waals surface area contributed by atoms with E-state index < -0.39 is 11.0 Å². The minimum absolute atomic E-state index is 0.0617. The van der Waals surface area contributed by atoms with Crippen LogP contribution < -0.4 is 0 Å². The molecule has 3 aliphatic rings. The monoisotopic (exact) mass is 188 g/mol. The molecule has 3 fully saturated rings. The summed E-state index contributed by atoms with van der Waals surface area (Å²) in [7, 11) is 0. The number of carbonyl (C=O) groups is 1. The Hall–Kier alpha value is -0.280. The lowest BCUT2D eigenvalue weighted by atomic mass is 9.87. The number of hydrogen-bond donors (Lipinski definition) is 1. The van der Waals surface area contributed by atoms with Crippen molar-refractivity contribution in [2.24, 2.45) is 11.8 Å². The van der Waals surface area contributed by atoms with Gasteiger partial charge in [0.15, 0.2) is 0 Å². The third-order valence-electron chi connectivity index (χ3n) is 3.50. The van der Waals surface area contributed by atoms with E-state index in [1.165, 1.54) is 0 Å². The summed E-state index contributed by atoms with van der Waals surface area (Å²) >= 11 is 6.12. The Morgan fingerprint density at radius 2 is 2.42 bits per heavy atom. The maximum Gasteiger partial charge on any atom is 0.328 e. The minimum atomic E-state index is -0.783. The first-order chi connectivity index (χ1) is 5.63. The van der Waals surface area contributed by atoms with Gasteiger partial charge in [0.1, 0.15) is 11.0 Å². The summed E-state index contributed by atoms with van der Waals surface area (Å²) in [4.78, 5) is 10.5. The molecule has 3 rings (SSSR count). The summed E-state index contributed by atoms with van der Waals surface area (Å²) in [6, 6.07) is 0. The van der Waals surface area contributed by atoms with Gasteiger partial charge in [-0.05, 0) is 18.8 Å². The molecule has 66 valence electrons. The molecule has 3 nitrogen and oxygen atoms in total. The zero-order valence-electron chi connectivity index (χ0n) is 6.37. The van der Waals surface area contributed by atoms with Gasteiger partial charge in [0.2, 0.25) is 0 Å². The molecule has 0 spiro atoms. The summed E-state index contributed by atoms with van der Waals surface area (Å²) in [6.07, 6.45) is 0.665. The molecule has 0 aromatic heterocycles. The Kier molecular flexibility index (Phi) is 1.07. The van der Waals surface area contributed by atoms with Crippen LogP contribution >= 0.6 is 11.6 Å². The van der Waals surface area contributed by atoms with E-state index in [-0.39, 0.29) is 23.9 Å². The second-order valence-electron chi connectivity index (χ2n) is 4.03. The molecular weight excluding hydrogens is 180 g/mol. The fourth-order valence-electron chi connectivity index (χ4n) is 2.90. The van der Waals surface area contributed by atoms with Crippen LogP contribution in [0.4, 0.5) is 0 Å². The first-order valence-corrected chi connectivity index (χ1v) is 4.59. The molecule has 1 N–H and O–H groups in total. The van der Waals surface area contributed by atoms with Crippen LogP contribution in [0.2, 0.25) is 0 Å². The Labute approximate surface area is 74.6 Å². The van der Waals surface area contributed by atoms with Gasteiger partial charge in [0.25, 0.3) is 0 Å². The van der Waals surface area contributed by atoms with Crippen molar-refractivity contribution in [2.75, 3.05) is 0 Å². The summed E-state index contributed by atoms with van der Waals surface area (Å²) in [5.41, 5.74) is 0. The standard InChI is InChI=1S/C8H9ClO3/c9-8-2-3-1-4(8)6(5(3)10)12-7(8)11/h3-6,10H,1-2H2. The van der Waals surface area contributed by atoms with Gasteiger partial charge in [0, 0.05) is 5.92 Å². The molecule has 5 unspecified atom stereocenters. The van der Waals surface area contributed by atoms with Crippen molar-refractivity contribution in [2.45, 2.75) is 29.9 Å². The molecule has 12 heavy (non-hydrogen) atoms. The number of rotatable bonds is 0. The van der Waals surface area contributed by atoms with Gasteiger partial charge in [0.05, 0.1) is 6.10 Å². The normalized spacial score (nSPS) is 61.0. The molecule has 0 aromatic rings. The average molecular weight is 189 g/mol. The Bertz CT molecular complexity index is 267. The van der Waals surface area contributed by atoms with Crippen LogP contribution in [0.1, 0.15) is 12.8 Å². The highest BCUT2D eigenvalue weighted by molar-refractivity contribution is 6.35. The first-order valence-electron chi connectivity index (χ1n) is 4.21. The number of aliphatic hydroxyl groups is 1. The Morgan fingerprint density at radius 3 is 3.00 bits per heavy atom. The molecular formula is C8H9ClO3. The van der Waals surface area contributed by atoms with Crippen LogP contribution in [0, 0.1) is 11.8 Å². The molecule has 1 saturated heterocycles. The number of halogens is 1. The highest BCUT2D eigenvalue weighted by Crippen LogP contribution is 2.59. The van der Waals surface area contributed by atoms with Gasteiger partial charge in [-0.15, -0.1) is 11.6 Å². The van der Waals surface area contributed by atoms with Crippen molar-refractivity contribution in [1.29, 1.82) is 0 Å². The largest absolute Gasteiger partial charge is 0.458 e. The number of esters is 1. The van der Waals surface area contributed by atoms with Gasteiger partial charge in [-0.3, -0.25) is 4.79 Å². The molecule has 1 aliphatic heterocycles. The zero-order valence-corrected chi connectivity index (χ0v) is 7.12. The van der Waals surface area contributed by atoms with Crippen molar-refractivity contribution in [3.63, 3.8) is 0 Å². The lowest BCUT2D eigenvalue weighted by molar-refractivity contribution is -0.145. The number of hydrogen-bond acceptors (Lipinski definition) is 3. The molecule has 1 heterocycles. The Balaban J connectivity index is 2.09. The van der Waals surface area contributed by atoms with E-state index in [2.05, 4.69) is 0 Å². The summed E-state index contributed by atoms with van der Waals surface area (Å²) < 4.78 is 5.03. The third-order valence-corrected chi connectivity index (χ3v) is 4.09. The molecule has 5 atom stereocenters.